The molecule has 1 aliphatic heterocycles. The Morgan fingerprint density at radius 1 is 1.45 bits per heavy atom. The quantitative estimate of drug-likeness (QED) is 0.882. The molecule has 1 aliphatic rings. The molecule has 0 aliphatic carbocycles. The van der Waals surface area contributed by atoms with Crippen LogP contribution in [0.5, 0.6) is 0 Å². The van der Waals surface area contributed by atoms with Gasteiger partial charge < -0.3 is 10.2 Å². The van der Waals surface area contributed by atoms with Gasteiger partial charge in [-0.2, -0.15) is 10.5 Å². The van der Waals surface area contributed by atoms with Crippen LogP contribution in [-0.2, 0) is 4.79 Å². The number of nitriles is 2. The normalized spacial score (nSPS) is 20.7. The predicted molar refractivity (Wildman–Crippen MR) is 74.7 cm³/mol. The molecule has 102 valence electrons. The van der Waals surface area contributed by atoms with E-state index in [4.69, 9.17) is 10.5 Å². The lowest BCUT2D eigenvalue weighted by atomic mass is 9.93. The first-order valence-corrected chi connectivity index (χ1v) is 6.44. The fourth-order valence-electron chi connectivity index (χ4n) is 2.57. The number of piperazine rings is 1. The summed E-state index contributed by atoms with van der Waals surface area (Å²) in [4.78, 5) is 14.0. The maximum atomic E-state index is 12.0. The second kappa shape index (κ2) is 5.22. The Hall–Kier alpha value is -2.53. The number of anilines is 1. The van der Waals surface area contributed by atoms with Crippen molar-refractivity contribution in [1.29, 1.82) is 10.5 Å². The molecule has 0 bridgehead atoms. The van der Waals surface area contributed by atoms with Crippen LogP contribution in [0.25, 0.3) is 0 Å². The van der Waals surface area contributed by atoms with Crippen LogP contribution in [-0.4, -0.2) is 24.0 Å². The van der Waals surface area contributed by atoms with Crippen molar-refractivity contribution in [3.8, 4) is 12.1 Å². The summed E-state index contributed by atoms with van der Waals surface area (Å²) >= 11 is 0. The van der Waals surface area contributed by atoms with Crippen LogP contribution in [0.1, 0.15) is 25.8 Å². The van der Waals surface area contributed by atoms with E-state index in [0.29, 0.717) is 12.1 Å². The summed E-state index contributed by atoms with van der Waals surface area (Å²) in [5.41, 5.74) is 1.02. The molecule has 2 rings (SSSR count). The van der Waals surface area contributed by atoms with E-state index >= 15 is 0 Å². The van der Waals surface area contributed by atoms with Gasteiger partial charge in [0.25, 0.3) is 0 Å². The molecule has 5 heteroatoms. The Kier molecular flexibility index (Phi) is 3.63. The average Bonchev–Trinajstić information content (AvgIpc) is 2.43. The zero-order valence-corrected chi connectivity index (χ0v) is 11.6. The van der Waals surface area contributed by atoms with Crippen LogP contribution in [0.15, 0.2) is 24.3 Å². The number of amides is 1. The molecule has 1 fully saturated rings. The van der Waals surface area contributed by atoms with E-state index in [1.807, 2.05) is 24.8 Å². The summed E-state index contributed by atoms with van der Waals surface area (Å²) in [5.74, 6) is -0.145. The molecule has 1 aromatic carbocycles. The number of nitrogens with zero attached hydrogens (tertiary/aromatic N) is 3. The van der Waals surface area contributed by atoms with Gasteiger partial charge in [0, 0.05) is 12.2 Å². The van der Waals surface area contributed by atoms with E-state index in [0.717, 1.165) is 5.69 Å². The molecule has 0 radical (unpaired) electrons. The second-order valence-corrected chi connectivity index (χ2v) is 5.44. The third-order valence-electron chi connectivity index (χ3n) is 3.50. The van der Waals surface area contributed by atoms with Crippen molar-refractivity contribution < 1.29 is 4.79 Å². The fraction of sp³-hybridized carbons (Fsp3) is 0.400. The summed E-state index contributed by atoms with van der Waals surface area (Å²) in [7, 11) is 0. The molecule has 1 unspecified atom stereocenters. The largest absolute Gasteiger partial charge is 0.352 e. The molecule has 0 saturated carbocycles. The highest BCUT2D eigenvalue weighted by atomic mass is 16.2. The van der Waals surface area contributed by atoms with Crippen LogP contribution in [0.4, 0.5) is 5.69 Å². The summed E-state index contributed by atoms with van der Waals surface area (Å²) in [6.07, 6.45) is 0.117. The highest BCUT2D eigenvalue weighted by Crippen LogP contribution is 2.30. The Balaban J connectivity index is 2.49. The minimum absolute atomic E-state index is 0.117. The Bertz CT molecular complexity index is 609. The van der Waals surface area contributed by atoms with Crippen molar-refractivity contribution in [2.75, 3.05) is 11.4 Å². The molecule has 20 heavy (non-hydrogen) atoms. The first-order valence-electron chi connectivity index (χ1n) is 6.44. The van der Waals surface area contributed by atoms with Gasteiger partial charge in [-0.05, 0) is 32.0 Å². The average molecular weight is 268 g/mol. The third-order valence-corrected chi connectivity index (χ3v) is 3.50. The van der Waals surface area contributed by atoms with Crippen molar-refractivity contribution >= 4 is 11.6 Å². The van der Waals surface area contributed by atoms with Gasteiger partial charge in [0.15, 0.2) is 0 Å². The molecular weight excluding hydrogens is 252 g/mol. The van der Waals surface area contributed by atoms with Crippen molar-refractivity contribution in [2.45, 2.75) is 31.8 Å². The number of carbonyl (C=O) groups excluding carboxylic acids is 1. The highest BCUT2D eigenvalue weighted by Gasteiger charge is 2.41. The summed E-state index contributed by atoms with van der Waals surface area (Å²) in [5, 5.41) is 20.8. The summed E-state index contributed by atoms with van der Waals surface area (Å²) in [6, 6.07) is 10.8. The predicted octanol–water partition coefficient (Wildman–Crippen LogP) is 1.56. The van der Waals surface area contributed by atoms with E-state index in [9.17, 15) is 4.79 Å². The molecule has 1 aromatic rings. The summed E-state index contributed by atoms with van der Waals surface area (Å²) in [6.45, 7) is 4.52. The summed E-state index contributed by atoms with van der Waals surface area (Å²) < 4.78 is 0. The SMILES string of the molecule is CC1(C)CNC(=O)C(CC#N)N1c1cccc(C#N)c1. The van der Waals surface area contributed by atoms with Gasteiger partial charge in [-0.1, -0.05) is 6.07 Å². The molecule has 0 spiro atoms. The zero-order valence-electron chi connectivity index (χ0n) is 11.6. The number of nitrogens with one attached hydrogen (secondary N) is 1. The Morgan fingerprint density at radius 2 is 2.20 bits per heavy atom. The van der Waals surface area contributed by atoms with E-state index in [-0.39, 0.29) is 17.9 Å². The van der Waals surface area contributed by atoms with Gasteiger partial charge >= 0.3 is 0 Å². The highest BCUT2D eigenvalue weighted by molar-refractivity contribution is 5.87. The van der Waals surface area contributed by atoms with E-state index in [2.05, 4.69) is 17.5 Å². The van der Waals surface area contributed by atoms with Crippen molar-refractivity contribution in [2.24, 2.45) is 0 Å². The molecule has 1 N–H and O–H groups in total. The minimum atomic E-state index is -0.530. The Morgan fingerprint density at radius 3 is 2.85 bits per heavy atom. The van der Waals surface area contributed by atoms with Crippen molar-refractivity contribution in [1.82, 2.24) is 5.32 Å². The monoisotopic (exact) mass is 268 g/mol. The number of hydrogen-bond acceptors (Lipinski definition) is 4. The van der Waals surface area contributed by atoms with Crippen LogP contribution < -0.4 is 10.2 Å². The second-order valence-electron chi connectivity index (χ2n) is 5.44. The molecule has 0 aromatic heterocycles. The maximum absolute atomic E-state index is 12.0. The van der Waals surface area contributed by atoms with Crippen LogP contribution >= 0.6 is 0 Å². The first kappa shape index (κ1) is 13.9. The minimum Gasteiger partial charge on any atom is -0.352 e. The van der Waals surface area contributed by atoms with Crippen LogP contribution in [0.3, 0.4) is 0 Å². The van der Waals surface area contributed by atoms with E-state index in [1.165, 1.54) is 0 Å². The van der Waals surface area contributed by atoms with Gasteiger partial charge in [-0.3, -0.25) is 4.79 Å². The molecule has 1 saturated heterocycles. The number of hydrogen-bond donors (Lipinski definition) is 1. The van der Waals surface area contributed by atoms with E-state index < -0.39 is 6.04 Å². The number of benzene rings is 1. The number of carbonyl (C=O) groups is 1. The van der Waals surface area contributed by atoms with Gasteiger partial charge in [0.05, 0.1) is 29.7 Å². The lowest BCUT2D eigenvalue weighted by Gasteiger charge is -2.48. The lowest BCUT2D eigenvalue weighted by molar-refractivity contribution is -0.124. The first-order chi connectivity index (χ1) is 9.49. The molecule has 1 heterocycles. The van der Waals surface area contributed by atoms with E-state index in [1.54, 1.807) is 18.2 Å². The lowest BCUT2D eigenvalue weighted by Crippen LogP contribution is -2.65. The van der Waals surface area contributed by atoms with Crippen LogP contribution in [0, 0.1) is 22.7 Å². The molecule has 5 nitrogen and oxygen atoms in total. The topological polar surface area (TPSA) is 79.9 Å². The zero-order chi connectivity index (χ0) is 14.8. The maximum Gasteiger partial charge on any atom is 0.243 e. The van der Waals surface area contributed by atoms with Gasteiger partial charge in [0.2, 0.25) is 5.91 Å². The van der Waals surface area contributed by atoms with Gasteiger partial charge in [-0.15, -0.1) is 0 Å². The van der Waals surface area contributed by atoms with Gasteiger partial charge in [-0.25, -0.2) is 0 Å². The van der Waals surface area contributed by atoms with Crippen LogP contribution in [0.2, 0.25) is 0 Å². The van der Waals surface area contributed by atoms with Gasteiger partial charge in [0.1, 0.15) is 6.04 Å². The number of rotatable bonds is 2. The van der Waals surface area contributed by atoms with Crippen molar-refractivity contribution in [3.05, 3.63) is 29.8 Å². The fourth-order valence-corrected chi connectivity index (χ4v) is 2.57. The molecule has 1 atom stereocenters. The molecule has 1 amide bonds. The smallest absolute Gasteiger partial charge is 0.243 e. The van der Waals surface area contributed by atoms with Crippen molar-refractivity contribution in [3.63, 3.8) is 0 Å². The molecular formula is C15H16N4O. The Labute approximate surface area is 118 Å². The standard InChI is InChI=1S/C15H16N4O/c1-15(2)10-18-14(20)13(6-7-16)19(15)12-5-3-4-11(8-12)9-17/h3-5,8,13H,6,10H2,1-2H3,(H,18,20). The third kappa shape index (κ3) is 2.44.